The van der Waals surface area contributed by atoms with Gasteiger partial charge in [0.2, 0.25) is 5.91 Å². The first-order valence-corrected chi connectivity index (χ1v) is 8.02. The Morgan fingerprint density at radius 3 is 2.86 bits per heavy atom. The molecule has 22 heavy (non-hydrogen) atoms. The first-order valence-electron chi connectivity index (χ1n) is 6.41. The van der Waals surface area contributed by atoms with Crippen LogP contribution >= 0.6 is 27.3 Å². The molecule has 0 bridgehead atoms. The zero-order chi connectivity index (χ0) is 16.1. The lowest BCUT2D eigenvalue weighted by Gasteiger charge is -2.07. The van der Waals surface area contributed by atoms with Crippen LogP contribution in [0.3, 0.4) is 0 Å². The second kappa shape index (κ2) is 7.46. The van der Waals surface area contributed by atoms with Crippen LogP contribution in [0.5, 0.6) is 0 Å². The van der Waals surface area contributed by atoms with Crippen molar-refractivity contribution in [2.75, 3.05) is 11.9 Å². The van der Waals surface area contributed by atoms with Gasteiger partial charge >= 0.3 is 0 Å². The number of amides is 2. The molecule has 8 heteroatoms. The van der Waals surface area contributed by atoms with E-state index in [0.29, 0.717) is 9.60 Å². The SMILES string of the molecule is Cc1cnc(NC(=O)CCNC(=O)c2cc(F)ccc2Br)s1. The molecule has 0 fully saturated rings. The van der Waals surface area contributed by atoms with Crippen molar-refractivity contribution in [3.05, 3.63) is 45.1 Å². The number of anilines is 1. The van der Waals surface area contributed by atoms with Gasteiger partial charge in [0.15, 0.2) is 5.13 Å². The van der Waals surface area contributed by atoms with Gasteiger partial charge in [0.1, 0.15) is 5.82 Å². The van der Waals surface area contributed by atoms with Crippen LogP contribution in [-0.4, -0.2) is 23.3 Å². The Bertz CT molecular complexity index is 705. The van der Waals surface area contributed by atoms with Gasteiger partial charge in [-0.25, -0.2) is 9.37 Å². The van der Waals surface area contributed by atoms with Gasteiger partial charge in [-0.2, -0.15) is 0 Å². The normalized spacial score (nSPS) is 10.3. The van der Waals surface area contributed by atoms with Gasteiger partial charge in [-0.15, -0.1) is 11.3 Å². The molecule has 2 rings (SSSR count). The Kier molecular flexibility index (Phi) is 5.62. The maximum atomic E-state index is 13.1. The number of benzene rings is 1. The molecule has 0 saturated heterocycles. The van der Waals surface area contributed by atoms with Crippen LogP contribution in [0.15, 0.2) is 28.9 Å². The Balaban J connectivity index is 1.81. The summed E-state index contributed by atoms with van der Waals surface area (Å²) in [5.74, 6) is -1.18. The lowest BCUT2D eigenvalue weighted by molar-refractivity contribution is -0.116. The van der Waals surface area contributed by atoms with Gasteiger partial charge in [-0.3, -0.25) is 9.59 Å². The zero-order valence-corrected chi connectivity index (χ0v) is 14.1. The summed E-state index contributed by atoms with van der Waals surface area (Å²) in [5.41, 5.74) is 0.191. The van der Waals surface area contributed by atoms with E-state index in [1.54, 1.807) is 6.20 Å². The number of thiazole rings is 1. The Hall–Kier alpha value is -1.80. The van der Waals surface area contributed by atoms with E-state index in [1.165, 1.54) is 23.5 Å². The third-order valence-corrected chi connectivity index (χ3v) is 4.20. The van der Waals surface area contributed by atoms with Crippen molar-refractivity contribution in [2.24, 2.45) is 0 Å². The molecule has 0 aliphatic heterocycles. The number of carbonyl (C=O) groups is 2. The third kappa shape index (κ3) is 4.60. The van der Waals surface area contributed by atoms with E-state index in [-0.39, 0.29) is 24.4 Å². The molecule has 0 unspecified atom stereocenters. The number of rotatable bonds is 5. The maximum Gasteiger partial charge on any atom is 0.252 e. The van der Waals surface area contributed by atoms with Gasteiger partial charge < -0.3 is 10.6 Å². The minimum absolute atomic E-state index is 0.108. The minimum Gasteiger partial charge on any atom is -0.351 e. The monoisotopic (exact) mass is 385 g/mol. The molecule has 0 saturated carbocycles. The molecular weight excluding hydrogens is 373 g/mol. The number of hydrogen-bond donors (Lipinski definition) is 2. The summed E-state index contributed by atoms with van der Waals surface area (Å²) in [4.78, 5) is 28.6. The number of carbonyl (C=O) groups excluding carboxylic acids is 2. The van der Waals surface area contributed by atoms with E-state index in [0.717, 1.165) is 10.9 Å². The highest BCUT2D eigenvalue weighted by Crippen LogP contribution is 2.18. The largest absolute Gasteiger partial charge is 0.351 e. The van der Waals surface area contributed by atoms with E-state index in [1.807, 2.05) is 6.92 Å². The predicted molar refractivity (Wildman–Crippen MR) is 86.5 cm³/mol. The molecule has 0 atom stereocenters. The quantitative estimate of drug-likeness (QED) is 0.830. The lowest BCUT2D eigenvalue weighted by atomic mass is 10.2. The summed E-state index contributed by atoms with van der Waals surface area (Å²) in [7, 11) is 0. The van der Waals surface area contributed by atoms with Gasteiger partial charge in [0.05, 0.1) is 5.56 Å². The van der Waals surface area contributed by atoms with Gasteiger partial charge in [0.25, 0.3) is 5.91 Å². The highest BCUT2D eigenvalue weighted by molar-refractivity contribution is 9.10. The molecule has 1 aromatic carbocycles. The Morgan fingerprint density at radius 1 is 1.41 bits per heavy atom. The maximum absolute atomic E-state index is 13.1. The van der Waals surface area contributed by atoms with Crippen LogP contribution in [0.2, 0.25) is 0 Å². The zero-order valence-electron chi connectivity index (χ0n) is 11.7. The van der Waals surface area contributed by atoms with Crippen LogP contribution in [0.4, 0.5) is 9.52 Å². The van der Waals surface area contributed by atoms with Crippen molar-refractivity contribution in [1.29, 1.82) is 0 Å². The number of aromatic nitrogens is 1. The second-order valence-corrected chi connectivity index (χ2v) is 6.54. The molecule has 2 amide bonds. The number of hydrogen-bond acceptors (Lipinski definition) is 4. The van der Waals surface area contributed by atoms with Gasteiger partial charge in [0, 0.05) is 28.5 Å². The smallest absolute Gasteiger partial charge is 0.252 e. The molecule has 2 N–H and O–H groups in total. The fourth-order valence-corrected chi connectivity index (χ4v) is 2.76. The molecule has 0 radical (unpaired) electrons. The van der Waals surface area contributed by atoms with Crippen molar-refractivity contribution in [3.63, 3.8) is 0 Å². The molecule has 1 aromatic heterocycles. The lowest BCUT2D eigenvalue weighted by Crippen LogP contribution is -2.28. The molecule has 2 aromatic rings. The van der Waals surface area contributed by atoms with Crippen molar-refractivity contribution in [2.45, 2.75) is 13.3 Å². The van der Waals surface area contributed by atoms with Gasteiger partial charge in [-0.05, 0) is 41.1 Å². The molecule has 0 aliphatic rings. The number of nitrogens with zero attached hydrogens (tertiary/aromatic N) is 1. The molecule has 1 heterocycles. The number of halogens is 2. The van der Waals surface area contributed by atoms with E-state index in [2.05, 4.69) is 31.5 Å². The highest BCUT2D eigenvalue weighted by atomic mass is 79.9. The summed E-state index contributed by atoms with van der Waals surface area (Å²) >= 11 is 4.56. The second-order valence-electron chi connectivity index (χ2n) is 4.45. The topological polar surface area (TPSA) is 71.1 Å². The summed E-state index contributed by atoms with van der Waals surface area (Å²) in [6.07, 6.45) is 1.78. The molecule has 116 valence electrons. The summed E-state index contributed by atoms with van der Waals surface area (Å²) < 4.78 is 13.6. The van der Waals surface area contributed by atoms with Crippen LogP contribution < -0.4 is 10.6 Å². The van der Waals surface area contributed by atoms with E-state index in [9.17, 15) is 14.0 Å². The van der Waals surface area contributed by atoms with Crippen molar-refractivity contribution >= 4 is 44.2 Å². The fraction of sp³-hybridized carbons (Fsp3) is 0.214. The van der Waals surface area contributed by atoms with E-state index < -0.39 is 11.7 Å². The predicted octanol–water partition coefficient (Wildman–Crippen LogP) is 3.11. The standard InChI is InChI=1S/C14H13BrFN3O2S/c1-8-7-18-14(22-8)19-12(20)4-5-17-13(21)10-6-9(16)2-3-11(10)15/h2-3,6-7H,4-5H2,1H3,(H,17,21)(H,18,19,20). The third-order valence-electron chi connectivity index (χ3n) is 2.68. The van der Waals surface area contributed by atoms with Crippen molar-refractivity contribution in [3.8, 4) is 0 Å². The molecule has 0 aliphatic carbocycles. The number of nitrogens with one attached hydrogen (secondary N) is 2. The summed E-state index contributed by atoms with van der Waals surface area (Å²) in [6, 6.07) is 3.85. The van der Waals surface area contributed by atoms with Crippen LogP contribution in [0.1, 0.15) is 21.7 Å². The van der Waals surface area contributed by atoms with Crippen LogP contribution in [0.25, 0.3) is 0 Å². The highest BCUT2D eigenvalue weighted by Gasteiger charge is 2.12. The summed E-state index contributed by atoms with van der Waals surface area (Å²) in [6.45, 7) is 2.04. The first-order chi connectivity index (χ1) is 10.5. The summed E-state index contributed by atoms with van der Waals surface area (Å²) in [5, 5.41) is 5.75. The van der Waals surface area contributed by atoms with Crippen LogP contribution in [0, 0.1) is 12.7 Å². The Morgan fingerprint density at radius 2 is 2.18 bits per heavy atom. The van der Waals surface area contributed by atoms with Crippen LogP contribution in [-0.2, 0) is 4.79 Å². The molecule has 5 nitrogen and oxygen atoms in total. The van der Waals surface area contributed by atoms with E-state index in [4.69, 9.17) is 0 Å². The van der Waals surface area contributed by atoms with Crippen molar-refractivity contribution < 1.29 is 14.0 Å². The fourth-order valence-electron chi connectivity index (χ4n) is 1.65. The van der Waals surface area contributed by atoms with Crippen molar-refractivity contribution in [1.82, 2.24) is 10.3 Å². The minimum atomic E-state index is -0.495. The van der Waals surface area contributed by atoms with E-state index >= 15 is 0 Å². The first kappa shape index (κ1) is 16.6. The molecular formula is C14H13BrFN3O2S. The average molecular weight is 386 g/mol. The Labute approximate surface area is 139 Å². The average Bonchev–Trinajstić information content (AvgIpc) is 2.86. The van der Waals surface area contributed by atoms with Gasteiger partial charge in [-0.1, -0.05) is 0 Å². The number of aryl methyl sites for hydroxylation is 1. The molecule has 0 spiro atoms.